The summed E-state index contributed by atoms with van der Waals surface area (Å²) >= 11 is 0. The molecule has 0 aliphatic rings. The van der Waals surface area contributed by atoms with Crippen LogP contribution < -0.4 is 26.2 Å². The van der Waals surface area contributed by atoms with Crippen molar-refractivity contribution in [3.05, 3.63) is 60.3 Å². The number of rotatable bonds is 8. The van der Waals surface area contributed by atoms with Gasteiger partial charge in [-0.15, -0.1) is 0 Å². The van der Waals surface area contributed by atoms with Crippen molar-refractivity contribution in [3.63, 3.8) is 0 Å². The molecule has 3 aromatic rings. The Morgan fingerprint density at radius 2 is 1.71 bits per heavy atom. The van der Waals surface area contributed by atoms with Crippen LogP contribution >= 0.6 is 0 Å². The number of nitrogens with zero attached hydrogens (tertiary/aromatic N) is 2. The Kier molecular flexibility index (Phi) is 6.27. The van der Waals surface area contributed by atoms with Crippen LogP contribution in [0.4, 0.5) is 31.9 Å². The van der Waals surface area contributed by atoms with E-state index in [0.717, 1.165) is 12.3 Å². The fourth-order valence-corrected chi connectivity index (χ4v) is 2.87. The predicted molar refractivity (Wildman–Crippen MR) is 107 cm³/mol. The number of halogens is 2. The zero-order chi connectivity index (χ0) is 22.6. The molecule has 1 aromatic heterocycles. The number of amides is 1. The van der Waals surface area contributed by atoms with Gasteiger partial charge in [-0.25, -0.2) is 27.3 Å². The van der Waals surface area contributed by atoms with Crippen LogP contribution in [0.15, 0.2) is 53.6 Å². The van der Waals surface area contributed by atoms with E-state index in [9.17, 15) is 22.0 Å². The van der Waals surface area contributed by atoms with E-state index in [1.54, 1.807) is 0 Å². The standard InChI is InChI=1S/C18H16F2N6O4S/c19-13-7-11(3-6-15(13)30-9-16(21)27)24-17-14(20)8-23-18(26-17)25-10-1-4-12(5-2-10)31(22,28)29/h1-8H,9H2,(H2,21,27)(H2,22,28,29)(H2,23,24,25,26). The van der Waals surface area contributed by atoms with Gasteiger partial charge in [-0.3, -0.25) is 4.79 Å². The molecule has 162 valence electrons. The number of benzene rings is 2. The number of primary sulfonamides is 1. The molecular formula is C18H16F2N6O4S. The van der Waals surface area contributed by atoms with Crippen molar-refractivity contribution in [2.45, 2.75) is 4.90 Å². The second-order valence-electron chi connectivity index (χ2n) is 6.11. The minimum atomic E-state index is -3.84. The summed E-state index contributed by atoms with van der Waals surface area (Å²) in [7, 11) is -3.84. The lowest BCUT2D eigenvalue weighted by molar-refractivity contribution is -0.120. The highest BCUT2D eigenvalue weighted by molar-refractivity contribution is 7.89. The Morgan fingerprint density at radius 3 is 2.32 bits per heavy atom. The lowest BCUT2D eigenvalue weighted by Gasteiger charge is -2.11. The maximum atomic E-state index is 14.1. The monoisotopic (exact) mass is 450 g/mol. The SMILES string of the molecule is NC(=O)COc1ccc(Nc2nc(Nc3ccc(S(N)(=O)=O)cc3)ncc2F)cc1F. The smallest absolute Gasteiger partial charge is 0.255 e. The summed E-state index contributed by atoms with van der Waals surface area (Å²) in [6, 6.07) is 9.08. The fraction of sp³-hybridized carbons (Fsp3) is 0.0556. The Hall–Kier alpha value is -3.84. The van der Waals surface area contributed by atoms with E-state index >= 15 is 0 Å². The van der Waals surface area contributed by atoms with Crippen molar-refractivity contribution < 1.29 is 26.7 Å². The quantitative estimate of drug-likeness (QED) is 0.403. The maximum Gasteiger partial charge on any atom is 0.255 e. The molecule has 0 saturated heterocycles. The molecule has 0 bridgehead atoms. The van der Waals surface area contributed by atoms with E-state index in [0.29, 0.717) is 5.69 Å². The van der Waals surface area contributed by atoms with E-state index in [1.807, 2.05) is 0 Å². The van der Waals surface area contributed by atoms with Gasteiger partial charge in [0.1, 0.15) is 0 Å². The number of hydrogen-bond donors (Lipinski definition) is 4. The first-order valence-corrected chi connectivity index (χ1v) is 10.1. The molecule has 0 spiro atoms. The van der Waals surface area contributed by atoms with Gasteiger partial charge in [-0.05, 0) is 36.4 Å². The van der Waals surface area contributed by atoms with Crippen LogP contribution in [-0.4, -0.2) is 30.9 Å². The average Bonchev–Trinajstić information content (AvgIpc) is 2.69. The second kappa shape index (κ2) is 8.89. The van der Waals surface area contributed by atoms with Gasteiger partial charge in [0.2, 0.25) is 16.0 Å². The normalized spacial score (nSPS) is 11.1. The Morgan fingerprint density at radius 1 is 1.03 bits per heavy atom. The van der Waals surface area contributed by atoms with Crippen molar-refractivity contribution >= 4 is 39.1 Å². The number of anilines is 4. The number of carbonyl (C=O) groups excluding carboxylic acids is 1. The van der Waals surface area contributed by atoms with E-state index in [4.69, 9.17) is 15.6 Å². The van der Waals surface area contributed by atoms with Crippen LogP contribution in [-0.2, 0) is 14.8 Å². The highest BCUT2D eigenvalue weighted by Gasteiger charge is 2.12. The van der Waals surface area contributed by atoms with Gasteiger partial charge < -0.3 is 21.1 Å². The van der Waals surface area contributed by atoms with Crippen LogP contribution in [0.25, 0.3) is 0 Å². The van der Waals surface area contributed by atoms with Gasteiger partial charge in [-0.2, -0.15) is 4.98 Å². The molecule has 1 heterocycles. The molecule has 0 atom stereocenters. The number of ether oxygens (including phenoxy) is 1. The van der Waals surface area contributed by atoms with Crippen LogP contribution in [0.1, 0.15) is 0 Å². The predicted octanol–water partition coefficient (Wildman–Crippen LogP) is 1.75. The second-order valence-corrected chi connectivity index (χ2v) is 7.67. The highest BCUT2D eigenvalue weighted by atomic mass is 32.2. The fourth-order valence-electron chi connectivity index (χ4n) is 2.35. The molecule has 0 saturated carbocycles. The van der Waals surface area contributed by atoms with Gasteiger partial charge in [0.15, 0.2) is 29.8 Å². The van der Waals surface area contributed by atoms with E-state index in [2.05, 4.69) is 20.6 Å². The zero-order valence-corrected chi connectivity index (χ0v) is 16.5. The van der Waals surface area contributed by atoms with Gasteiger partial charge >= 0.3 is 0 Å². The highest BCUT2D eigenvalue weighted by Crippen LogP contribution is 2.25. The molecule has 0 unspecified atom stereocenters. The number of sulfonamides is 1. The number of carbonyl (C=O) groups is 1. The topological polar surface area (TPSA) is 162 Å². The van der Waals surface area contributed by atoms with Crippen molar-refractivity contribution in [2.24, 2.45) is 10.9 Å². The molecule has 3 rings (SSSR count). The van der Waals surface area contributed by atoms with Gasteiger partial charge in [-0.1, -0.05) is 0 Å². The van der Waals surface area contributed by atoms with E-state index in [-0.39, 0.29) is 28.1 Å². The number of hydrogen-bond acceptors (Lipinski definition) is 8. The zero-order valence-electron chi connectivity index (χ0n) is 15.7. The molecule has 0 aliphatic heterocycles. The van der Waals surface area contributed by atoms with Crippen molar-refractivity contribution in [1.29, 1.82) is 0 Å². The summed E-state index contributed by atoms with van der Waals surface area (Å²) in [5, 5.41) is 10.4. The number of aromatic nitrogens is 2. The lowest BCUT2D eigenvalue weighted by atomic mass is 10.3. The third-order valence-corrected chi connectivity index (χ3v) is 4.68. The molecule has 6 N–H and O–H groups in total. The first-order chi connectivity index (χ1) is 14.6. The molecule has 10 nitrogen and oxygen atoms in total. The van der Waals surface area contributed by atoms with Gasteiger partial charge in [0.25, 0.3) is 5.91 Å². The number of nitrogens with two attached hydrogens (primary N) is 2. The van der Waals surface area contributed by atoms with Crippen LogP contribution in [0, 0.1) is 11.6 Å². The molecule has 0 radical (unpaired) electrons. The Bertz CT molecular complexity index is 1220. The van der Waals surface area contributed by atoms with E-state index < -0.39 is 34.2 Å². The summed E-state index contributed by atoms with van der Waals surface area (Å²) in [5.74, 6) is -2.81. The molecular weight excluding hydrogens is 434 g/mol. The lowest BCUT2D eigenvalue weighted by Crippen LogP contribution is -2.20. The van der Waals surface area contributed by atoms with E-state index in [1.165, 1.54) is 36.4 Å². The Labute approximate surface area is 175 Å². The molecule has 1 amide bonds. The van der Waals surface area contributed by atoms with Crippen molar-refractivity contribution in [3.8, 4) is 5.75 Å². The summed E-state index contributed by atoms with van der Waals surface area (Å²) in [6.07, 6.45) is 0.900. The molecule has 0 fully saturated rings. The first kappa shape index (κ1) is 21.9. The molecule has 0 aliphatic carbocycles. The van der Waals surface area contributed by atoms with Crippen molar-refractivity contribution in [2.75, 3.05) is 17.2 Å². The maximum absolute atomic E-state index is 14.1. The third-order valence-electron chi connectivity index (χ3n) is 3.75. The van der Waals surface area contributed by atoms with Gasteiger partial charge in [0.05, 0.1) is 11.1 Å². The van der Waals surface area contributed by atoms with Crippen molar-refractivity contribution in [1.82, 2.24) is 9.97 Å². The minimum Gasteiger partial charge on any atom is -0.481 e. The molecule has 13 heteroatoms. The third kappa shape index (κ3) is 5.83. The first-order valence-electron chi connectivity index (χ1n) is 8.52. The Balaban J connectivity index is 1.75. The summed E-state index contributed by atoms with van der Waals surface area (Å²) in [5.41, 5.74) is 5.52. The largest absolute Gasteiger partial charge is 0.481 e. The number of primary amides is 1. The van der Waals surface area contributed by atoms with Crippen LogP contribution in [0.2, 0.25) is 0 Å². The van der Waals surface area contributed by atoms with Crippen LogP contribution in [0.5, 0.6) is 5.75 Å². The molecule has 2 aromatic carbocycles. The van der Waals surface area contributed by atoms with Crippen LogP contribution in [0.3, 0.4) is 0 Å². The molecule has 31 heavy (non-hydrogen) atoms. The number of nitrogens with one attached hydrogen (secondary N) is 2. The summed E-state index contributed by atoms with van der Waals surface area (Å²) in [6.45, 7) is -0.489. The summed E-state index contributed by atoms with van der Waals surface area (Å²) < 4.78 is 55.7. The average molecular weight is 450 g/mol. The summed E-state index contributed by atoms with van der Waals surface area (Å²) in [4.78, 5) is 18.4. The minimum absolute atomic E-state index is 0.00543. The van der Waals surface area contributed by atoms with Gasteiger partial charge in [0, 0.05) is 17.4 Å².